The van der Waals surface area contributed by atoms with Gasteiger partial charge in [-0.05, 0) is 34.2 Å². The standard InChI is InChI=1S/C11H25N3O2/c1-6-14(8-11(4,5)16)7-10(2,3)9(15)13-12/h16H,6-8,12H2,1-5H3,(H,13,15). The molecule has 5 heteroatoms. The average molecular weight is 231 g/mol. The predicted octanol–water partition coefficient (Wildman–Crippen LogP) is 0.0953. The maximum atomic E-state index is 11.5. The smallest absolute Gasteiger partial charge is 0.240 e. The fourth-order valence-corrected chi connectivity index (χ4v) is 1.65. The number of hydrogen-bond acceptors (Lipinski definition) is 4. The molecule has 0 aliphatic rings. The lowest BCUT2D eigenvalue weighted by atomic mass is 9.91. The Hall–Kier alpha value is -0.650. The summed E-state index contributed by atoms with van der Waals surface area (Å²) in [6, 6.07) is 0. The van der Waals surface area contributed by atoms with Crippen molar-refractivity contribution in [1.82, 2.24) is 10.3 Å². The van der Waals surface area contributed by atoms with Crippen LogP contribution in [0.25, 0.3) is 0 Å². The van der Waals surface area contributed by atoms with Crippen LogP contribution in [-0.2, 0) is 4.79 Å². The van der Waals surface area contributed by atoms with Crippen LogP contribution in [0, 0.1) is 5.41 Å². The molecular weight excluding hydrogens is 206 g/mol. The second kappa shape index (κ2) is 5.61. The van der Waals surface area contributed by atoms with Crippen LogP contribution in [0.15, 0.2) is 0 Å². The van der Waals surface area contributed by atoms with Crippen LogP contribution in [-0.4, -0.2) is 41.1 Å². The Balaban J connectivity index is 4.48. The Morgan fingerprint density at radius 2 is 1.81 bits per heavy atom. The lowest BCUT2D eigenvalue weighted by Crippen LogP contribution is -2.49. The SMILES string of the molecule is CCN(CC(C)(C)O)CC(C)(C)C(=O)NN. The minimum absolute atomic E-state index is 0.193. The molecule has 0 bridgehead atoms. The number of likely N-dealkylation sites (N-methyl/N-ethyl adjacent to an activating group) is 1. The van der Waals surface area contributed by atoms with Gasteiger partial charge in [0.15, 0.2) is 0 Å². The molecule has 0 aliphatic carbocycles. The van der Waals surface area contributed by atoms with Gasteiger partial charge in [0.25, 0.3) is 0 Å². The minimum Gasteiger partial charge on any atom is -0.389 e. The number of amides is 1. The molecule has 0 spiro atoms. The molecule has 0 aromatic rings. The molecule has 96 valence electrons. The maximum Gasteiger partial charge on any atom is 0.240 e. The second-order valence-electron chi connectivity index (χ2n) is 5.47. The normalized spacial score (nSPS) is 13.0. The Kier molecular flexibility index (Phi) is 5.38. The summed E-state index contributed by atoms with van der Waals surface area (Å²) in [6.45, 7) is 11.1. The monoisotopic (exact) mass is 231 g/mol. The molecule has 1 amide bonds. The lowest BCUT2D eigenvalue weighted by Gasteiger charge is -2.33. The van der Waals surface area contributed by atoms with E-state index in [0.29, 0.717) is 13.1 Å². The zero-order valence-corrected chi connectivity index (χ0v) is 11.0. The van der Waals surface area contributed by atoms with Crippen LogP contribution in [0.1, 0.15) is 34.6 Å². The average Bonchev–Trinajstić information content (AvgIpc) is 2.12. The largest absolute Gasteiger partial charge is 0.389 e. The number of nitrogens with zero attached hydrogens (tertiary/aromatic N) is 1. The van der Waals surface area contributed by atoms with Crippen LogP contribution < -0.4 is 11.3 Å². The molecule has 0 rings (SSSR count). The van der Waals surface area contributed by atoms with Crippen molar-refractivity contribution in [3.63, 3.8) is 0 Å². The van der Waals surface area contributed by atoms with E-state index in [9.17, 15) is 9.90 Å². The molecule has 0 fully saturated rings. The fourth-order valence-electron chi connectivity index (χ4n) is 1.65. The molecule has 0 aromatic heterocycles. The predicted molar refractivity (Wildman–Crippen MR) is 64.5 cm³/mol. The van der Waals surface area contributed by atoms with Crippen LogP contribution in [0.3, 0.4) is 0 Å². The van der Waals surface area contributed by atoms with Crippen LogP contribution in [0.5, 0.6) is 0 Å². The molecule has 0 atom stereocenters. The lowest BCUT2D eigenvalue weighted by molar-refractivity contribution is -0.130. The third kappa shape index (κ3) is 5.44. The Morgan fingerprint density at radius 3 is 2.12 bits per heavy atom. The minimum atomic E-state index is -0.759. The number of aliphatic hydroxyl groups is 1. The zero-order valence-electron chi connectivity index (χ0n) is 11.0. The topological polar surface area (TPSA) is 78.6 Å². The number of nitrogens with two attached hydrogens (primary N) is 1. The molecule has 16 heavy (non-hydrogen) atoms. The van der Waals surface area contributed by atoms with Crippen LogP contribution in [0.4, 0.5) is 0 Å². The Bertz CT molecular complexity index is 234. The molecule has 0 aromatic carbocycles. The van der Waals surface area contributed by atoms with E-state index in [0.717, 1.165) is 6.54 Å². The number of carbonyl (C=O) groups is 1. The summed E-state index contributed by atoms with van der Waals surface area (Å²) >= 11 is 0. The molecule has 0 unspecified atom stereocenters. The number of carbonyl (C=O) groups excluding carboxylic acids is 1. The van der Waals surface area contributed by atoms with Gasteiger partial charge in [-0.15, -0.1) is 0 Å². The molecule has 0 saturated carbocycles. The van der Waals surface area contributed by atoms with E-state index >= 15 is 0 Å². The summed E-state index contributed by atoms with van der Waals surface area (Å²) in [5.41, 5.74) is 0.851. The quantitative estimate of drug-likeness (QED) is 0.344. The van der Waals surface area contributed by atoms with Gasteiger partial charge >= 0.3 is 0 Å². The first kappa shape index (κ1) is 15.3. The first-order valence-electron chi connectivity index (χ1n) is 5.58. The molecule has 5 nitrogen and oxygen atoms in total. The molecule has 0 radical (unpaired) electrons. The van der Waals surface area contributed by atoms with Crippen LogP contribution in [0.2, 0.25) is 0 Å². The maximum absolute atomic E-state index is 11.5. The summed E-state index contributed by atoms with van der Waals surface area (Å²) in [5.74, 6) is 4.94. The molecule has 0 aliphatic heterocycles. The van der Waals surface area contributed by atoms with Crippen molar-refractivity contribution < 1.29 is 9.90 Å². The van der Waals surface area contributed by atoms with Gasteiger partial charge in [-0.25, -0.2) is 5.84 Å². The highest BCUT2D eigenvalue weighted by Gasteiger charge is 2.30. The van der Waals surface area contributed by atoms with E-state index in [1.807, 2.05) is 25.7 Å². The van der Waals surface area contributed by atoms with Gasteiger partial charge in [-0.1, -0.05) is 6.92 Å². The summed E-state index contributed by atoms with van der Waals surface area (Å²) < 4.78 is 0. The van der Waals surface area contributed by atoms with E-state index in [2.05, 4.69) is 5.43 Å². The van der Waals surface area contributed by atoms with E-state index in [-0.39, 0.29) is 5.91 Å². The van der Waals surface area contributed by atoms with E-state index < -0.39 is 11.0 Å². The van der Waals surface area contributed by atoms with E-state index in [4.69, 9.17) is 5.84 Å². The van der Waals surface area contributed by atoms with Crippen molar-refractivity contribution in [2.24, 2.45) is 11.3 Å². The zero-order chi connectivity index (χ0) is 13.0. The number of hydrogen-bond donors (Lipinski definition) is 3. The number of rotatable bonds is 6. The highest BCUT2D eigenvalue weighted by atomic mass is 16.3. The van der Waals surface area contributed by atoms with Gasteiger partial charge in [-0.2, -0.15) is 0 Å². The number of nitrogens with one attached hydrogen (secondary N) is 1. The Labute approximate surface area is 98.0 Å². The highest BCUT2D eigenvalue weighted by Crippen LogP contribution is 2.18. The summed E-state index contributed by atoms with van der Waals surface area (Å²) in [7, 11) is 0. The van der Waals surface area contributed by atoms with Crippen LogP contribution >= 0.6 is 0 Å². The summed E-state index contributed by atoms with van der Waals surface area (Å²) in [4.78, 5) is 13.6. The van der Waals surface area contributed by atoms with Gasteiger partial charge in [0.05, 0.1) is 11.0 Å². The molecule has 4 N–H and O–H groups in total. The van der Waals surface area contributed by atoms with Crippen molar-refractivity contribution in [3.05, 3.63) is 0 Å². The summed E-state index contributed by atoms with van der Waals surface area (Å²) in [5, 5.41) is 9.74. The molecule has 0 saturated heterocycles. The van der Waals surface area contributed by atoms with E-state index in [1.165, 1.54) is 0 Å². The van der Waals surface area contributed by atoms with E-state index in [1.54, 1.807) is 13.8 Å². The number of hydrazine groups is 1. The first-order valence-corrected chi connectivity index (χ1v) is 5.58. The van der Waals surface area contributed by atoms with Gasteiger partial charge < -0.3 is 5.11 Å². The van der Waals surface area contributed by atoms with Gasteiger partial charge in [-0.3, -0.25) is 15.1 Å². The second-order valence-corrected chi connectivity index (χ2v) is 5.47. The third-order valence-electron chi connectivity index (χ3n) is 2.42. The molecule has 0 heterocycles. The third-order valence-corrected chi connectivity index (χ3v) is 2.42. The summed E-state index contributed by atoms with van der Waals surface area (Å²) in [6.07, 6.45) is 0. The van der Waals surface area contributed by atoms with Gasteiger partial charge in [0, 0.05) is 13.1 Å². The van der Waals surface area contributed by atoms with Gasteiger partial charge in [0.1, 0.15) is 0 Å². The van der Waals surface area contributed by atoms with Crippen molar-refractivity contribution >= 4 is 5.91 Å². The molecular formula is C11H25N3O2. The van der Waals surface area contributed by atoms with Crippen molar-refractivity contribution in [1.29, 1.82) is 0 Å². The van der Waals surface area contributed by atoms with Crippen molar-refractivity contribution in [3.8, 4) is 0 Å². The Morgan fingerprint density at radius 1 is 1.31 bits per heavy atom. The fraction of sp³-hybridized carbons (Fsp3) is 0.909. The van der Waals surface area contributed by atoms with Gasteiger partial charge in [0.2, 0.25) is 5.91 Å². The highest BCUT2D eigenvalue weighted by molar-refractivity contribution is 5.81. The van der Waals surface area contributed by atoms with Crippen molar-refractivity contribution in [2.75, 3.05) is 19.6 Å². The van der Waals surface area contributed by atoms with Crippen molar-refractivity contribution in [2.45, 2.75) is 40.2 Å². The first-order chi connectivity index (χ1) is 7.12.